The number of hydrogen-bond donors (Lipinski definition) is 2. The second-order valence-electron chi connectivity index (χ2n) is 5.80. The van der Waals surface area contributed by atoms with Gasteiger partial charge in [-0.3, -0.25) is 0 Å². The van der Waals surface area contributed by atoms with Gasteiger partial charge in [-0.05, 0) is 25.7 Å². The molecule has 6 nitrogen and oxygen atoms in total. The molecule has 0 spiro atoms. The molecule has 21 heavy (non-hydrogen) atoms. The third-order valence-corrected chi connectivity index (χ3v) is 6.35. The highest BCUT2D eigenvalue weighted by atomic mass is 32.2. The molecule has 0 bridgehead atoms. The number of aryl methyl sites for hydroxylation is 1. The van der Waals surface area contributed by atoms with E-state index in [1.807, 2.05) is 0 Å². The molecule has 0 saturated carbocycles. The van der Waals surface area contributed by atoms with Crippen molar-refractivity contribution in [3.05, 3.63) is 5.69 Å². The van der Waals surface area contributed by atoms with Crippen molar-refractivity contribution in [2.24, 2.45) is 17.0 Å². The minimum Gasteiger partial charge on any atom is -0.378 e. The molecule has 1 aliphatic rings. The van der Waals surface area contributed by atoms with E-state index in [1.165, 1.54) is 0 Å². The summed E-state index contributed by atoms with van der Waals surface area (Å²) >= 11 is 1.09. The fourth-order valence-electron chi connectivity index (χ4n) is 2.76. The number of primary sulfonamides is 1. The summed E-state index contributed by atoms with van der Waals surface area (Å²) in [7, 11) is -3.69. The molecule has 2 heterocycles. The number of rotatable bonds is 5. The molecule has 1 fully saturated rings. The number of hydrogen-bond acceptors (Lipinski definition) is 6. The van der Waals surface area contributed by atoms with Gasteiger partial charge in [-0.25, -0.2) is 18.5 Å². The molecule has 120 valence electrons. The van der Waals surface area contributed by atoms with E-state index in [9.17, 15) is 8.42 Å². The number of thiazole rings is 1. The van der Waals surface area contributed by atoms with Gasteiger partial charge >= 0.3 is 0 Å². The molecular formula is C13H23N3O3S2. The number of aromatic nitrogens is 1. The first-order chi connectivity index (χ1) is 9.79. The van der Waals surface area contributed by atoms with Crippen LogP contribution in [0.15, 0.2) is 4.21 Å². The number of sulfonamides is 1. The van der Waals surface area contributed by atoms with Gasteiger partial charge in [0, 0.05) is 19.1 Å². The Labute approximate surface area is 130 Å². The van der Waals surface area contributed by atoms with Crippen LogP contribution in [0.3, 0.4) is 0 Å². The summed E-state index contributed by atoms with van der Waals surface area (Å²) in [6.45, 7) is 7.54. The van der Waals surface area contributed by atoms with Gasteiger partial charge in [0.15, 0.2) is 9.34 Å². The Bertz CT molecular complexity index is 583. The summed E-state index contributed by atoms with van der Waals surface area (Å²) in [4.78, 5) is 4.24. The van der Waals surface area contributed by atoms with E-state index in [0.717, 1.165) is 37.3 Å². The molecule has 0 radical (unpaired) electrons. The zero-order valence-corrected chi connectivity index (χ0v) is 14.3. The molecule has 1 aliphatic heterocycles. The van der Waals surface area contributed by atoms with Crippen LogP contribution >= 0.6 is 11.3 Å². The van der Waals surface area contributed by atoms with E-state index < -0.39 is 10.0 Å². The maximum atomic E-state index is 11.4. The van der Waals surface area contributed by atoms with Crippen molar-refractivity contribution in [1.82, 2.24) is 4.98 Å². The van der Waals surface area contributed by atoms with E-state index in [-0.39, 0.29) is 10.3 Å². The van der Waals surface area contributed by atoms with E-state index in [1.54, 1.807) is 6.92 Å². The molecule has 8 heteroatoms. The van der Waals surface area contributed by atoms with Crippen LogP contribution in [0.2, 0.25) is 0 Å². The molecule has 0 aliphatic carbocycles. The van der Waals surface area contributed by atoms with Crippen molar-refractivity contribution < 1.29 is 13.2 Å². The predicted molar refractivity (Wildman–Crippen MR) is 84.0 cm³/mol. The van der Waals surface area contributed by atoms with Crippen LogP contribution in [0.25, 0.3) is 0 Å². The van der Waals surface area contributed by atoms with E-state index in [0.29, 0.717) is 22.7 Å². The van der Waals surface area contributed by atoms with Crippen molar-refractivity contribution in [1.29, 1.82) is 0 Å². The average molecular weight is 333 g/mol. The quantitative estimate of drug-likeness (QED) is 0.859. The minimum absolute atomic E-state index is 0.130. The lowest BCUT2D eigenvalue weighted by Crippen LogP contribution is -2.37. The highest BCUT2D eigenvalue weighted by Crippen LogP contribution is 2.29. The SMILES string of the molecule is Cc1nc(NC[C@@H]2CCCO[C@H]2C(C)C)sc1S(N)(=O)=O. The van der Waals surface area contributed by atoms with Crippen LogP contribution < -0.4 is 10.5 Å². The summed E-state index contributed by atoms with van der Waals surface area (Å²) in [6, 6.07) is 0. The van der Waals surface area contributed by atoms with E-state index in [4.69, 9.17) is 9.88 Å². The number of anilines is 1. The maximum Gasteiger partial charge on any atom is 0.249 e. The molecule has 0 unspecified atom stereocenters. The zero-order chi connectivity index (χ0) is 15.6. The first kappa shape index (κ1) is 16.7. The molecule has 2 rings (SSSR count). The fourth-order valence-corrected chi connectivity index (χ4v) is 4.63. The lowest BCUT2D eigenvalue weighted by atomic mass is 9.87. The van der Waals surface area contributed by atoms with Crippen LogP contribution in [0.4, 0.5) is 5.13 Å². The van der Waals surface area contributed by atoms with Crippen molar-refractivity contribution in [2.75, 3.05) is 18.5 Å². The van der Waals surface area contributed by atoms with Crippen molar-refractivity contribution in [3.8, 4) is 0 Å². The van der Waals surface area contributed by atoms with Crippen LogP contribution in [0.1, 0.15) is 32.4 Å². The second-order valence-corrected chi connectivity index (χ2v) is 8.56. The maximum absolute atomic E-state index is 11.4. The molecule has 0 amide bonds. The van der Waals surface area contributed by atoms with Gasteiger partial charge in [0.25, 0.3) is 0 Å². The third kappa shape index (κ3) is 4.15. The lowest BCUT2D eigenvalue weighted by molar-refractivity contribution is -0.0480. The molecular weight excluding hydrogens is 310 g/mol. The first-order valence-electron chi connectivity index (χ1n) is 7.14. The number of ether oxygens (including phenoxy) is 1. The Morgan fingerprint density at radius 1 is 1.52 bits per heavy atom. The monoisotopic (exact) mass is 333 g/mol. The third-order valence-electron chi connectivity index (χ3n) is 3.68. The lowest BCUT2D eigenvalue weighted by Gasteiger charge is -2.34. The van der Waals surface area contributed by atoms with Gasteiger partial charge in [0.1, 0.15) is 0 Å². The van der Waals surface area contributed by atoms with Gasteiger partial charge in [-0.1, -0.05) is 25.2 Å². The van der Waals surface area contributed by atoms with Crippen LogP contribution in [-0.2, 0) is 14.8 Å². The van der Waals surface area contributed by atoms with Gasteiger partial charge in [0.05, 0.1) is 11.8 Å². The number of nitrogens with one attached hydrogen (secondary N) is 1. The van der Waals surface area contributed by atoms with Crippen molar-refractivity contribution in [3.63, 3.8) is 0 Å². The smallest absolute Gasteiger partial charge is 0.249 e. The van der Waals surface area contributed by atoms with Gasteiger partial charge < -0.3 is 10.1 Å². The highest BCUT2D eigenvalue weighted by Gasteiger charge is 2.28. The standard InChI is InChI=1S/C13H23N3O3S2/c1-8(2)11-10(5-4-6-19-11)7-15-13-16-9(3)12(20-13)21(14,17)18/h8,10-11H,4-7H2,1-3H3,(H,15,16)(H2,14,17,18)/t10-,11-/m0/s1. The summed E-state index contributed by atoms with van der Waals surface area (Å²) in [5, 5.41) is 9.01. The fraction of sp³-hybridized carbons (Fsp3) is 0.769. The summed E-state index contributed by atoms with van der Waals surface area (Å²) in [5.41, 5.74) is 0.449. The van der Waals surface area contributed by atoms with E-state index in [2.05, 4.69) is 24.1 Å². The largest absolute Gasteiger partial charge is 0.378 e. The Balaban J connectivity index is 2.02. The molecule has 1 saturated heterocycles. The second kappa shape index (κ2) is 6.60. The molecule has 2 atom stereocenters. The van der Waals surface area contributed by atoms with Crippen LogP contribution in [-0.4, -0.2) is 32.7 Å². The van der Waals surface area contributed by atoms with Crippen molar-refractivity contribution in [2.45, 2.75) is 43.9 Å². The molecule has 1 aromatic heterocycles. The zero-order valence-electron chi connectivity index (χ0n) is 12.6. The first-order valence-corrected chi connectivity index (χ1v) is 9.51. The average Bonchev–Trinajstić information content (AvgIpc) is 2.78. The Kier molecular flexibility index (Phi) is 5.24. The van der Waals surface area contributed by atoms with Crippen LogP contribution in [0, 0.1) is 18.8 Å². The summed E-state index contributed by atoms with van der Waals surface area (Å²) < 4.78 is 28.8. The van der Waals surface area contributed by atoms with Gasteiger partial charge in [0.2, 0.25) is 10.0 Å². The topological polar surface area (TPSA) is 94.3 Å². The summed E-state index contributed by atoms with van der Waals surface area (Å²) in [6.07, 6.45) is 2.42. The Morgan fingerprint density at radius 3 is 2.81 bits per heavy atom. The Hall–Kier alpha value is -0.700. The predicted octanol–water partition coefficient (Wildman–Crippen LogP) is 1.96. The number of nitrogens with two attached hydrogens (primary N) is 1. The van der Waals surface area contributed by atoms with E-state index >= 15 is 0 Å². The number of nitrogens with zero attached hydrogens (tertiary/aromatic N) is 1. The summed E-state index contributed by atoms with van der Waals surface area (Å²) in [5.74, 6) is 0.885. The van der Waals surface area contributed by atoms with Gasteiger partial charge in [-0.2, -0.15) is 0 Å². The molecule has 0 aromatic carbocycles. The molecule has 3 N–H and O–H groups in total. The van der Waals surface area contributed by atoms with Crippen molar-refractivity contribution >= 4 is 26.5 Å². The normalized spacial score (nSPS) is 23.5. The Morgan fingerprint density at radius 2 is 2.24 bits per heavy atom. The minimum atomic E-state index is -3.69. The highest BCUT2D eigenvalue weighted by molar-refractivity contribution is 7.91. The van der Waals surface area contributed by atoms with Crippen LogP contribution in [0.5, 0.6) is 0 Å². The van der Waals surface area contributed by atoms with Gasteiger partial charge in [-0.15, -0.1) is 0 Å². The molecule has 1 aromatic rings.